The summed E-state index contributed by atoms with van der Waals surface area (Å²) in [7, 11) is -5.81. The third kappa shape index (κ3) is 13.1. The minimum atomic E-state index is -5.81. The third-order valence-electron chi connectivity index (χ3n) is 6.48. The summed E-state index contributed by atoms with van der Waals surface area (Å²) < 4.78 is 42.3. The van der Waals surface area contributed by atoms with Crippen molar-refractivity contribution < 1.29 is 71.5 Å². The van der Waals surface area contributed by atoms with E-state index in [-0.39, 0.29) is 60.7 Å². The van der Waals surface area contributed by atoms with E-state index in [9.17, 15) is 37.3 Å². The Morgan fingerprint density at radius 2 is 1.25 bits per heavy atom. The van der Waals surface area contributed by atoms with Gasteiger partial charge in [-0.2, -0.15) is 0 Å². The van der Waals surface area contributed by atoms with Gasteiger partial charge in [0, 0.05) is 0 Å². The van der Waals surface area contributed by atoms with Gasteiger partial charge in [0.1, 0.15) is 28.8 Å². The number of carbonyl (C=O) groups is 4. The number of amides is 3. The number of carbonyl (C=O) groups excluding carboxylic acids is 4. The van der Waals surface area contributed by atoms with Crippen LogP contribution in [0.2, 0.25) is 0 Å². The number of ether oxygens (including phenoxy) is 1. The van der Waals surface area contributed by atoms with E-state index in [1.807, 2.05) is 13.8 Å². The number of nitrogens with two attached hydrogens (primary N) is 1. The molecule has 15 heteroatoms. The maximum atomic E-state index is 13.6. The average Bonchev–Trinajstić information content (AvgIpc) is 2.88. The predicted molar refractivity (Wildman–Crippen MR) is 159 cm³/mol. The Morgan fingerprint density at radius 3 is 1.66 bits per heavy atom. The van der Waals surface area contributed by atoms with Crippen LogP contribution in [-0.2, 0) is 40.6 Å². The van der Waals surface area contributed by atoms with Crippen molar-refractivity contribution in [2.24, 2.45) is 23.5 Å². The van der Waals surface area contributed by atoms with E-state index < -0.39 is 75.4 Å². The second-order valence-corrected chi connectivity index (χ2v) is 13.6. The van der Waals surface area contributed by atoms with Crippen LogP contribution in [0.4, 0.5) is 0 Å². The van der Waals surface area contributed by atoms with Crippen LogP contribution in [0.15, 0.2) is 30.3 Å². The van der Waals surface area contributed by atoms with Gasteiger partial charge in [0.15, 0.2) is 0 Å². The van der Waals surface area contributed by atoms with Crippen molar-refractivity contribution in [3.05, 3.63) is 35.9 Å². The summed E-state index contributed by atoms with van der Waals surface area (Å²) in [6, 6.07) is 3.09. The molecule has 0 bridgehead atoms. The standard InChI is InChI=1S/C29H48N4O9S.Na/c1-17(2)13-22(31-25(34)20(7)30)26(35)32-23(14-18(3)4)27(36)33-24(15-19(5)6)29(38,43(39,40)41)28(37)42-16-21-11-9-8-10-12-21;/h8-12,17-20,22-24,38H,13-16,30H2,1-7H3,(H,31,34)(H,32,35)(H,33,36)(H,39,40,41);/q;+1/p-1/t20-,22-,23-,24?,29?;/m0./s1. The molecule has 3 amide bonds. The number of esters is 1. The largest absolute Gasteiger partial charge is 1.00 e. The van der Waals surface area contributed by atoms with Crippen LogP contribution in [0.5, 0.6) is 0 Å². The quantitative estimate of drug-likeness (QED) is 0.0703. The van der Waals surface area contributed by atoms with E-state index in [1.165, 1.54) is 6.92 Å². The SMILES string of the molecule is CC(C)CC(NC(=O)[C@H](CC(C)C)NC(=O)[C@H](CC(C)C)NC(=O)[C@H](C)N)C(O)(C(=O)OCc1ccccc1)S(=O)(=O)[O-].[Na+]. The van der Waals surface area contributed by atoms with Crippen LogP contribution in [0.3, 0.4) is 0 Å². The fourth-order valence-corrected chi connectivity index (χ4v) is 5.05. The molecule has 1 aromatic rings. The first-order valence-corrected chi connectivity index (χ1v) is 15.8. The number of benzene rings is 1. The zero-order valence-corrected chi connectivity index (χ0v) is 29.8. The molecular formula is C29H47N4NaO9S. The fraction of sp³-hybridized carbons (Fsp3) is 0.655. The van der Waals surface area contributed by atoms with Crippen LogP contribution in [0, 0.1) is 17.8 Å². The molecule has 0 saturated carbocycles. The fourth-order valence-electron chi connectivity index (χ4n) is 4.29. The van der Waals surface area contributed by atoms with Gasteiger partial charge in [-0.15, -0.1) is 0 Å². The summed E-state index contributed by atoms with van der Waals surface area (Å²) >= 11 is 0. The van der Waals surface area contributed by atoms with Crippen LogP contribution < -0.4 is 51.2 Å². The van der Waals surface area contributed by atoms with Crippen molar-refractivity contribution in [3.8, 4) is 0 Å². The number of aliphatic hydroxyl groups is 1. The van der Waals surface area contributed by atoms with E-state index in [2.05, 4.69) is 16.0 Å². The van der Waals surface area contributed by atoms with Gasteiger partial charge < -0.3 is 36.1 Å². The van der Waals surface area contributed by atoms with Crippen molar-refractivity contribution >= 4 is 33.8 Å². The van der Waals surface area contributed by atoms with Gasteiger partial charge in [-0.25, -0.2) is 13.2 Å². The molecule has 0 aliphatic carbocycles. The number of hydrogen-bond donors (Lipinski definition) is 5. The predicted octanol–water partition coefficient (Wildman–Crippen LogP) is -2.09. The normalized spacial score (nSPS) is 15.8. The van der Waals surface area contributed by atoms with Crippen molar-refractivity contribution in [3.63, 3.8) is 0 Å². The summed E-state index contributed by atoms with van der Waals surface area (Å²) in [5.41, 5.74) is 6.11. The van der Waals surface area contributed by atoms with E-state index >= 15 is 0 Å². The second-order valence-electron chi connectivity index (χ2n) is 12.1. The molecule has 44 heavy (non-hydrogen) atoms. The minimum Gasteiger partial charge on any atom is -0.745 e. The zero-order chi connectivity index (χ0) is 33.1. The molecule has 0 heterocycles. The maximum Gasteiger partial charge on any atom is 1.00 e. The maximum absolute atomic E-state index is 13.6. The Bertz CT molecular complexity index is 1200. The molecule has 2 unspecified atom stereocenters. The smallest absolute Gasteiger partial charge is 0.745 e. The summed E-state index contributed by atoms with van der Waals surface area (Å²) in [6.45, 7) is 11.5. The molecule has 0 aromatic heterocycles. The van der Waals surface area contributed by atoms with Crippen molar-refractivity contribution in [2.75, 3.05) is 0 Å². The summed E-state index contributed by atoms with van der Waals surface area (Å²) in [4.78, 5) is 48.4. The number of hydrogen-bond acceptors (Lipinski definition) is 10. The van der Waals surface area contributed by atoms with Gasteiger partial charge in [0.25, 0.3) is 4.93 Å². The van der Waals surface area contributed by atoms with Gasteiger partial charge in [-0.1, -0.05) is 71.9 Å². The second kappa shape index (κ2) is 18.8. The Kier molecular flexibility index (Phi) is 17.9. The molecule has 1 aromatic carbocycles. The van der Waals surface area contributed by atoms with Gasteiger partial charge >= 0.3 is 35.5 Å². The van der Waals surface area contributed by atoms with Crippen molar-refractivity contribution in [2.45, 2.75) is 103 Å². The Labute approximate surface area is 282 Å². The Balaban J connectivity index is 0.0000185. The van der Waals surface area contributed by atoms with E-state index in [1.54, 1.807) is 58.0 Å². The minimum absolute atomic E-state index is 0. The molecule has 0 spiro atoms. The van der Waals surface area contributed by atoms with Crippen molar-refractivity contribution in [1.29, 1.82) is 0 Å². The molecule has 6 N–H and O–H groups in total. The van der Waals surface area contributed by atoms with Gasteiger partial charge in [0.05, 0.1) is 12.1 Å². The molecule has 13 nitrogen and oxygen atoms in total. The van der Waals surface area contributed by atoms with E-state index in [0.717, 1.165) is 0 Å². The van der Waals surface area contributed by atoms with Crippen molar-refractivity contribution in [1.82, 2.24) is 16.0 Å². The topological polar surface area (TPSA) is 217 Å². The monoisotopic (exact) mass is 650 g/mol. The molecule has 0 saturated heterocycles. The van der Waals surface area contributed by atoms with E-state index in [4.69, 9.17) is 10.5 Å². The summed E-state index contributed by atoms with van der Waals surface area (Å²) in [6.07, 6.45) is 0.00719. The molecule has 1 rings (SSSR count). The first kappa shape index (κ1) is 41.9. The number of nitrogens with one attached hydrogen (secondary N) is 3. The average molecular weight is 651 g/mol. The molecule has 0 fully saturated rings. The van der Waals surface area contributed by atoms with Gasteiger partial charge in [-0.3, -0.25) is 14.4 Å². The summed E-state index contributed by atoms with van der Waals surface area (Å²) in [5.74, 6) is -4.50. The molecule has 0 aliphatic rings. The van der Waals surface area contributed by atoms with Crippen LogP contribution in [0.25, 0.3) is 0 Å². The van der Waals surface area contributed by atoms with E-state index in [0.29, 0.717) is 5.56 Å². The van der Waals surface area contributed by atoms with Gasteiger partial charge in [-0.05, 0) is 49.5 Å². The molecule has 0 radical (unpaired) electrons. The zero-order valence-electron chi connectivity index (χ0n) is 27.0. The first-order valence-electron chi connectivity index (χ1n) is 14.3. The number of rotatable bonds is 17. The van der Waals surface area contributed by atoms with Gasteiger partial charge in [0.2, 0.25) is 17.7 Å². The Morgan fingerprint density at radius 1 is 0.818 bits per heavy atom. The molecule has 5 atom stereocenters. The Hall–Kier alpha value is -2.07. The molecular weight excluding hydrogens is 603 g/mol. The van der Waals surface area contributed by atoms with Crippen LogP contribution >= 0.6 is 0 Å². The molecule has 244 valence electrons. The first-order chi connectivity index (χ1) is 19.8. The molecule has 0 aliphatic heterocycles. The van der Waals surface area contributed by atoms with Crippen LogP contribution in [0.1, 0.15) is 73.3 Å². The van der Waals surface area contributed by atoms with Crippen LogP contribution in [-0.4, -0.2) is 70.9 Å². The third-order valence-corrected chi connectivity index (χ3v) is 7.69. The summed E-state index contributed by atoms with van der Waals surface area (Å²) in [5, 5.41) is 18.7.